The van der Waals surface area contributed by atoms with Gasteiger partial charge in [0.2, 0.25) is 5.16 Å². The van der Waals surface area contributed by atoms with Crippen molar-refractivity contribution in [3.8, 4) is 5.69 Å². The molecule has 0 radical (unpaired) electrons. The van der Waals surface area contributed by atoms with Crippen molar-refractivity contribution in [3.05, 3.63) is 65.5 Å². The lowest BCUT2D eigenvalue weighted by Gasteiger charge is -2.19. The van der Waals surface area contributed by atoms with Crippen LogP contribution in [0.15, 0.2) is 53.7 Å². The number of thioether (sulfide) groups is 1. The summed E-state index contributed by atoms with van der Waals surface area (Å²) < 4.78 is 14.9. The van der Waals surface area contributed by atoms with Crippen LogP contribution in [0.2, 0.25) is 0 Å². The monoisotopic (exact) mass is 384 g/mol. The molecule has 5 nitrogen and oxygen atoms in total. The molecule has 1 aromatic heterocycles. The molecule has 1 atom stereocenters. The molecule has 27 heavy (non-hydrogen) atoms. The average Bonchev–Trinajstić information content (AvgIpc) is 3.08. The minimum absolute atomic E-state index is 0.00532. The summed E-state index contributed by atoms with van der Waals surface area (Å²) in [5, 5.41) is 11.6. The van der Waals surface area contributed by atoms with Crippen LogP contribution in [-0.4, -0.2) is 31.2 Å². The zero-order valence-corrected chi connectivity index (χ0v) is 16.5. The number of aromatic nitrogens is 4. The zero-order valence-electron chi connectivity index (χ0n) is 15.7. The third-order valence-electron chi connectivity index (χ3n) is 4.18. The van der Waals surface area contributed by atoms with Crippen molar-refractivity contribution in [3.63, 3.8) is 0 Å². The summed E-state index contributed by atoms with van der Waals surface area (Å²) in [6.07, 6.45) is 0. The van der Waals surface area contributed by atoms with Crippen LogP contribution < -0.4 is 0 Å². The van der Waals surface area contributed by atoms with E-state index in [-0.39, 0.29) is 22.3 Å². The summed E-state index contributed by atoms with van der Waals surface area (Å²) in [5.41, 5.74) is 2.37. The first-order chi connectivity index (χ1) is 12.8. The number of Topliss-reactive ketones (excluding diaryl/α,β-unsaturated/α-hetero) is 1. The van der Waals surface area contributed by atoms with Gasteiger partial charge in [0.25, 0.3) is 0 Å². The van der Waals surface area contributed by atoms with Crippen LogP contribution in [0.25, 0.3) is 5.69 Å². The van der Waals surface area contributed by atoms with Gasteiger partial charge in [0.15, 0.2) is 5.78 Å². The first kappa shape index (κ1) is 19.2. The normalized spacial score (nSPS) is 12.8. The topological polar surface area (TPSA) is 60.7 Å². The van der Waals surface area contributed by atoms with E-state index >= 15 is 0 Å². The van der Waals surface area contributed by atoms with Gasteiger partial charge in [-0.3, -0.25) is 4.79 Å². The summed E-state index contributed by atoms with van der Waals surface area (Å²) in [4.78, 5) is 12.8. The van der Waals surface area contributed by atoms with Crippen molar-refractivity contribution in [1.29, 1.82) is 0 Å². The van der Waals surface area contributed by atoms with Crippen LogP contribution in [0.5, 0.6) is 0 Å². The van der Waals surface area contributed by atoms with E-state index < -0.39 is 0 Å². The third-order valence-corrected chi connectivity index (χ3v) is 5.21. The fraction of sp³-hybridized carbons (Fsp3) is 0.300. The number of carbonyl (C=O) groups is 1. The van der Waals surface area contributed by atoms with Crippen molar-refractivity contribution in [1.82, 2.24) is 20.2 Å². The van der Waals surface area contributed by atoms with E-state index in [1.807, 2.05) is 31.2 Å². The van der Waals surface area contributed by atoms with E-state index in [1.54, 1.807) is 12.1 Å². The Labute approximate surface area is 162 Å². The summed E-state index contributed by atoms with van der Waals surface area (Å²) in [6.45, 7) is 8.22. The number of benzene rings is 2. The largest absolute Gasteiger partial charge is 0.293 e. The van der Waals surface area contributed by atoms with Crippen LogP contribution in [0.4, 0.5) is 4.39 Å². The highest BCUT2D eigenvalue weighted by Crippen LogP contribution is 2.27. The Kier molecular flexibility index (Phi) is 5.41. The second-order valence-corrected chi connectivity index (χ2v) is 8.61. The predicted molar refractivity (Wildman–Crippen MR) is 104 cm³/mol. The highest BCUT2D eigenvalue weighted by molar-refractivity contribution is 8.00. The fourth-order valence-electron chi connectivity index (χ4n) is 2.60. The van der Waals surface area contributed by atoms with E-state index in [4.69, 9.17) is 0 Å². The maximum Gasteiger partial charge on any atom is 0.214 e. The molecule has 0 saturated carbocycles. The molecule has 0 bridgehead atoms. The molecule has 0 aliphatic rings. The van der Waals surface area contributed by atoms with Crippen LogP contribution >= 0.6 is 11.8 Å². The summed E-state index contributed by atoms with van der Waals surface area (Å²) in [6, 6.07) is 13.7. The Hall–Kier alpha value is -2.54. The number of hydrogen-bond acceptors (Lipinski definition) is 5. The second kappa shape index (κ2) is 7.60. The maximum atomic E-state index is 13.5. The number of rotatable bonds is 5. The summed E-state index contributed by atoms with van der Waals surface area (Å²) in [5.74, 6) is -0.378. The van der Waals surface area contributed by atoms with E-state index in [0.717, 1.165) is 0 Å². The molecule has 3 rings (SSSR count). The van der Waals surface area contributed by atoms with Gasteiger partial charge in [-0.2, -0.15) is 4.68 Å². The molecule has 2 aromatic carbocycles. The molecule has 140 valence electrons. The molecule has 3 aromatic rings. The SMILES string of the molecule is C[C@H](Sc1nnnn1-c1cccc(F)c1)C(=O)c1ccc(C(C)(C)C)cc1. The Bertz CT molecular complexity index is 947. The molecule has 0 amide bonds. The van der Waals surface area contributed by atoms with Gasteiger partial charge >= 0.3 is 0 Å². The standard InChI is InChI=1S/C20H21FN4OS/c1-13(18(26)14-8-10-15(11-9-14)20(2,3)4)27-19-22-23-24-25(19)17-7-5-6-16(21)12-17/h5-13H,1-4H3/t13-/m0/s1. The first-order valence-electron chi connectivity index (χ1n) is 8.61. The molecule has 7 heteroatoms. The summed E-state index contributed by atoms with van der Waals surface area (Å²) >= 11 is 1.25. The maximum absolute atomic E-state index is 13.5. The van der Waals surface area contributed by atoms with Crippen molar-refractivity contribution >= 4 is 17.5 Å². The zero-order chi connectivity index (χ0) is 19.6. The van der Waals surface area contributed by atoms with E-state index in [9.17, 15) is 9.18 Å². The lowest BCUT2D eigenvalue weighted by Crippen LogP contribution is -2.16. The van der Waals surface area contributed by atoms with E-state index in [2.05, 4.69) is 36.3 Å². The quantitative estimate of drug-likeness (QED) is 0.480. The lowest BCUT2D eigenvalue weighted by atomic mass is 9.86. The molecular weight excluding hydrogens is 363 g/mol. The molecule has 1 heterocycles. The van der Waals surface area contributed by atoms with Gasteiger partial charge in [-0.15, -0.1) is 5.10 Å². The highest BCUT2D eigenvalue weighted by Gasteiger charge is 2.21. The summed E-state index contributed by atoms with van der Waals surface area (Å²) in [7, 11) is 0. The van der Waals surface area contributed by atoms with Crippen molar-refractivity contribution < 1.29 is 9.18 Å². The Balaban J connectivity index is 1.77. The number of carbonyl (C=O) groups excluding carboxylic acids is 1. The number of halogens is 1. The Morgan fingerprint density at radius 3 is 2.48 bits per heavy atom. The molecule has 0 aliphatic carbocycles. The minimum atomic E-state index is -0.385. The molecule has 0 unspecified atom stereocenters. The molecule has 0 N–H and O–H groups in total. The van der Waals surface area contributed by atoms with Gasteiger partial charge in [0, 0.05) is 5.56 Å². The second-order valence-electron chi connectivity index (χ2n) is 7.30. The van der Waals surface area contributed by atoms with Crippen molar-refractivity contribution in [2.45, 2.75) is 43.5 Å². The smallest absolute Gasteiger partial charge is 0.214 e. The van der Waals surface area contributed by atoms with Crippen LogP contribution in [0.3, 0.4) is 0 Å². The van der Waals surface area contributed by atoms with E-state index in [1.165, 1.54) is 34.1 Å². The van der Waals surface area contributed by atoms with Gasteiger partial charge in [0.1, 0.15) is 5.82 Å². The predicted octanol–water partition coefficient (Wildman–Crippen LogP) is 4.46. The van der Waals surface area contributed by atoms with Gasteiger partial charge in [-0.1, -0.05) is 62.9 Å². The third kappa shape index (κ3) is 4.42. The Morgan fingerprint density at radius 1 is 1.15 bits per heavy atom. The highest BCUT2D eigenvalue weighted by atomic mass is 32.2. The van der Waals surface area contributed by atoms with Crippen LogP contribution in [0, 0.1) is 5.82 Å². The van der Waals surface area contributed by atoms with Gasteiger partial charge in [-0.25, -0.2) is 4.39 Å². The van der Waals surface area contributed by atoms with Gasteiger partial charge < -0.3 is 0 Å². The molecule has 0 spiro atoms. The number of ketones is 1. The minimum Gasteiger partial charge on any atom is -0.293 e. The van der Waals surface area contributed by atoms with Crippen molar-refractivity contribution in [2.24, 2.45) is 0 Å². The van der Waals surface area contributed by atoms with Crippen LogP contribution in [0.1, 0.15) is 43.6 Å². The fourth-order valence-corrected chi connectivity index (χ4v) is 3.49. The number of hydrogen-bond donors (Lipinski definition) is 0. The molecule has 0 saturated heterocycles. The molecule has 0 aliphatic heterocycles. The average molecular weight is 384 g/mol. The number of tetrazole rings is 1. The Morgan fingerprint density at radius 2 is 1.85 bits per heavy atom. The first-order valence-corrected chi connectivity index (χ1v) is 9.49. The lowest BCUT2D eigenvalue weighted by molar-refractivity contribution is 0.0994. The van der Waals surface area contributed by atoms with Crippen molar-refractivity contribution in [2.75, 3.05) is 0 Å². The van der Waals surface area contributed by atoms with Gasteiger partial charge in [-0.05, 0) is 46.5 Å². The molecule has 0 fully saturated rings. The van der Waals surface area contributed by atoms with Crippen LogP contribution in [-0.2, 0) is 5.41 Å². The van der Waals surface area contributed by atoms with E-state index in [0.29, 0.717) is 16.4 Å². The van der Waals surface area contributed by atoms with Gasteiger partial charge in [0.05, 0.1) is 10.9 Å². The number of nitrogens with zero attached hydrogens (tertiary/aromatic N) is 4. The molecular formula is C20H21FN4OS.